The Hall–Kier alpha value is -2.23. The number of benzene rings is 1. The van der Waals surface area contributed by atoms with Crippen LogP contribution >= 0.6 is 11.3 Å². The predicted octanol–water partition coefficient (Wildman–Crippen LogP) is 1.66. The minimum absolute atomic E-state index is 0.206. The van der Waals surface area contributed by atoms with Crippen molar-refractivity contribution in [3.05, 3.63) is 40.4 Å². The topological polar surface area (TPSA) is 80.9 Å². The summed E-state index contributed by atoms with van der Waals surface area (Å²) in [6, 6.07) is 7.01. The van der Waals surface area contributed by atoms with Crippen LogP contribution in [0.5, 0.6) is 0 Å². The number of hydrogen-bond donors (Lipinski definition) is 2. The maximum atomic E-state index is 12.0. The molecular weight excluding hydrogens is 272 g/mol. The highest BCUT2D eigenvalue weighted by Crippen LogP contribution is 2.16. The van der Waals surface area contributed by atoms with Gasteiger partial charge in [0.05, 0.1) is 6.54 Å². The molecule has 0 aliphatic rings. The largest absolute Gasteiger partial charge is 0.320 e. The van der Waals surface area contributed by atoms with E-state index in [0.717, 1.165) is 17.0 Å². The van der Waals surface area contributed by atoms with Crippen molar-refractivity contribution < 1.29 is 4.79 Å². The maximum absolute atomic E-state index is 12.0. The van der Waals surface area contributed by atoms with Gasteiger partial charge < -0.3 is 5.73 Å². The van der Waals surface area contributed by atoms with Crippen LogP contribution in [-0.2, 0) is 6.42 Å². The Balaban J connectivity index is 2.05. The van der Waals surface area contributed by atoms with Gasteiger partial charge in [0.1, 0.15) is 5.01 Å². The van der Waals surface area contributed by atoms with Gasteiger partial charge in [-0.15, -0.1) is 10.2 Å². The van der Waals surface area contributed by atoms with E-state index in [9.17, 15) is 4.79 Å². The zero-order valence-electron chi connectivity index (χ0n) is 11.0. The first kappa shape index (κ1) is 14.2. The summed E-state index contributed by atoms with van der Waals surface area (Å²) >= 11 is 1.38. The molecule has 1 aromatic carbocycles. The lowest BCUT2D eigenvalue weighted by atomic mass is 10.1. The molecule has 0 atom stereocenters. The number of nitrogens with zero attached hydrogens (tertiary/aromatic N) is 2. The first-order valence-electron chi connectivity index (χ1n) is 6.15. The predicted molar refractivity (Wildman–Crippen MR) is 79.6 cm³/mol. The quantitative estimate of drug-likeness (QED) is 0.841. The number of carbonyl (C=O) groups excluding carboxylic acids is 1. The van der Waals surface area contributed by atoms with E-state index >= 15 is 0 Å². The summed E-state index contributed by atoms with van der Waals surface area (Å²) in [7, 11) is 0. The first-order chi connectivity index (χ1) is 9.72. The van der Waals surface area contributed by atoms with Gasteiger partial charge in [0.15, 0.2) is 0 Å². The van der Waals surface area contributed by atoms with Crippen LogP contribution in [0.3, 0.4) is 0 Å². The minimum atomic E-state index is -0.206. The summed E-state index contributed by atoms with van der Waals surface area (Å²) in [6.07, 6.45) is 0.808. The number of carbonyl (C=O) groups is 1. The molecule has 3 N–H and O–H groups in total. The van der Waals surface area contributed by atoms with Crippen molar-refractivity contribution in [2.45, 2.75) is 13.3 Å². The van der Waals surface area contributed by atoms with Gasteiger partial charge in [-0.05, 0) is 30.7 Å². The molecule has 5 nitrogen and oxygen atoms in total. The Morgan fingerprint density at radius 2 is 2.10 bits per heavy atom. The lowest BCUT2D eigenvalue weighted by molar-refractivity contribution is 0.102. The smallest absolute Gasteiger partial charge is 0.257 e. The van der Waals surface area contributed by atoms with Crippen LogP contribution in [0.4, 0.5) is 5.13 Å². The fourth-order valence-electron chi connectivity index (χ4n) is 1.47. The molecule has 0 aliphatic carbocycles. The molecule has 0 radical (unpaired) electrons. The molecule has 2 aromatic rings. The molecule has 0 bridgehead atoms. The van der Waals surface area contributed by atoms with Crippen LogP contribution in [-0.4, -0.2) is 22.6 Å². The molecule has 0 fully saturated rings. The molecule has 2 rings (SSSR count). The average Bonchev–Trinajstić information content (AvgIpc) is 2.93. The monoisotopic (exact) mass is 286 g/mol. The fourth-order valence-corrected chi connectivity index (χ4v) is 2.15. The molecule has 102 valence electrons. The summed E-state index contributed by atoms with van der Waals surface area (Å²) in [4.78, 5) is 12.0. The van der Waals surface area contributed by atoms with E-state index in [1.165, 1.54) is 11.3 Å². The van der Waals surface area contributed by atoms with Crippen molar-refractivity contribution in [2.75, 3.05) is 11.9 Å². The minimum Gasteiger partial charge on any atom is -0.320 e. The molecule has 1 aromatic heterocycles. The third-order valence-corrected chi connectivity index (χ3v) is 3.45. The summed E-state index contributed by atoms with van der Waals surface area (Å²) in [6.45, 7) is 2.31. The van der Waals surface area contributed by atoms with Gasteiger partial charge in [-0.25, -0.2) is 0 Å². The Morgan fingerprint density at radius 1 is 1.35 bits per heavy atom. The third kappa shape index (κ3) is 3.63. The van der Waals surface area contributed by atoms with Gasteiger partial charge in [0.2, 0.25) is 5.13 Å². The number of hydrogen-bond acceptors (Lipinski definition) is 5. The zero-order valence-corrected chi connectivity index (χ0v) is 11.8. The maximum Gasteiger partial charge on any atom is 0.257 e. The Kier molecular flexibility index (Phi) is 4.82. The third-order valence-electron chi connectivity index (χ3n) is 2.47. The van der Waals surface area contributed by atoms with Crippen molar-refractivity contribution >= 4 is 22.4 Å². The highest BCUT2D eigenvalue weighted by atomic mass is 32.1. The highest BCUT2D eigenvalue weighted by molar-refractivity contribution is 7.15. The second kappa shape index (κ2) is 6.80. The van der Waals surface area contributed by atoms with Crippen molar-refractivity contribution in [1.29, 1.82) is 0 Å². The fraction of sp³-hybridized carbons (Fsp3) is 0.214. The van der Waals surface area contributed by atoms with Gasteiger partial charge in [-0.3, -0.25) is 10.1 Å². The van der Waals surface area contributed by atoms with Crippen LogP contribution in [0.15, 0.2) is 24.3 Å². The van der Waals surface area contributed by atoms with E-state index in [2.05, 4.69) is 27.4 Å². The summed E-state index contributed by atoms with van der Waals surface area (Å²) in [5.74, 6) is 5.46. The van der Waals surface area contributed by atoms with E-state index in [0.29, 0.717) is 17.2 Å². The SMILES string of the molecule is CCc1nnc(NC(=O)c2ccc(C#CCN)cc2)s1. The number of aryl methyl sites for hydroxylation is 1. The lowest BCUT2D eigenvalue weighted by Crippen LogP contribution is -2.11. The molecule has 6 heteroatoms. The van der Waals surface area contributed by atoms with Crippen molar-refractivity contribution in [3.8, 4) is 11.8 Å². The average molecular weight is 286 g/mol. The van der Waals surface area contributed by atoms with Crippen molar-refractivity contribution in [1.82, 2.24) is 10.2 Å². The summed E-state index contributed by atoms with van der Waals surface area (Å²) in [5, 5.41) is 12.0. The molecule has 0 saturated carbocycles. The molecule has 0 aliphatic heterocycles. The van der Waals surface area contributed by atoms with E-state index < -0.39 is 0 Å². The standard InChI is InChI=1S/C14H14N4OS/c1-2-12-17-18-14(20-12)16-13(19)11-7-5-10(6-8-11)4-3-9-15/h5-8H,2,9,15H2,1H3,(H,16,18,19). The Bertz CT molecular complexity index is 652. The number of aromatic nitrogens is 2. The van der Waals surface area contributed by atoms with Crippen LogP contribution in [0.1, 0.15) is 27.9 Å². The molecule has 20 heavy (non-hydrogen) atoms. The second-order valence-electron chi connectivity index (χ2n) is 3.89. The van der Waals surface area contributed by atoms with Crippen molar-refractivity contribution in [2.24, 2.45) is 5.73 Å². The van der Waals surface area contributed by atoms with Crippen molar-refractivity contribution in [3.63, 3.8) is 0 Å². The Morgan fingerprint density at radius 3 is 2.70 bits per heavy atom. The van der Waals surface area contributed by atoms with Crippen LogP contribution in [0.2, 0.25) is 0 Å². The number of nitrogens with one attached hydrogen (secondary N) is 1. The molecule has 1 amide bonds. The first-order valence-corrected chi connectivity index (χ1v) is 6.97. The lowest BCUT2D eigenvalue weighted by Gasteiger charge is -2.01. The van der Waals surface area contributed by atoms with E-state index in [-0.39, 0.29) is 5.91 Å². The van der Waals surface area contributed by atoms with E-state index in [1.807, 2.05) is 6.92 Å². The normalized spacial score (nSPS) is 9.70. The molecule has 0 saturated heterocycles. The zero-order chi connectivity index (χ0) is 14.4. The highest BCUT2D eigenvalue weighted by Gasteiger charge is 2.09. The van der Waals surface area contributed by atoms with E-state index in [4.69, 9.17) is 5.73 Å². The number of amides is 1. The van der Waals surface area contributed by atoms with Gasteiger partial charge >= 0.3 is 0 Å². The molecule has 0 spiro atoms. The van der Waals surface area contributed by atoms with Gasteiger partial charge in [-0.1, -0.05) is 30.1 Å². The molecular formula is C14H14N4OS. The van der Waals surface area contributed by atoms with E-state index in [1.54, 1.807) is 24.3 Å². The molecule has 1 heterocycles. The number of nitrogens with two attached hydrogens (primary N) is 1. The van der Waals surface area contributed by atoms with Crippen LogP contribution in [0, 0.1) is 11.8 Å². The number of rotatable bonds is 3. The van der Waals surface area contributed by atoms with Gasteiger partial charge in [-0.2, -0.15) is 0 Å². The molecule has 0 unspecified atom stereocenters. The number of anilines is 1. The summed E-state index contributed by atoms with van der Waals surface area (Å²) in [5.41, 5.74) is 6.69. The second-order valence-corrected chi connectivity index (χ2v) is 4.95. The van der Waals surface area contributed by atoms with Gasteiger partial charge in [0.25, 0.3) is 5.91 Å². The van der Waals surface area contributed by atoms with Crippen LogP contribution in [0.25, 0.3) is 0 Å². The van der Waals surface area contributed by atoms with Crippen LogP contribution < -0.4 is 11.1 Å². The van der Waals surface area contributed by atoms with Gasteiger partial charge in [0, 0.05) is 11.1 Å². The summed E-state index contributed by atoms with van der Waals surface area (Å²) < 4.78 is 0. The Labute approximate surface area is 121 Å².